The van der Waals surface area contributed by atoms with Gasteiger partial charge in [0.15, 0.2) is 5.78 Å². The van der Waals surface area contributed by atoms with Gasteiger partial charge in [0.1, 0.15) is 0 Å². The van der Waals surface area contributed by atoms with Gasteiger partial charge in [-0.1, -0.05) is 25.1 Å². The van der Waals surface area contributed by atoms with Crippen molar-refractivity contribution in [3.05, 3.63) is 57.3 Å². The Morgan fingerprint density at radius 3 is 2.80 bits per heavy atom. The normalized spacial score (nSPS) is 24.1. The van der Waals surface area contributed by atoms with E-state index in [9.17, 15) is 9.59 Å². The van der Waals surface area contributed by atoms with Gasteiger partial charge in [0, 0.05) is 21.9 Å². The molecule has 3 nitrogen and oxygen atoms in total. The highest BCUT2D eigenvalue weighted by Crippen LogP contribution is 2.44. The van der Waals surface area contributed by atoms with Crippen molar-refractivity contribution in [2.75, 3.05) is 0 Å². The fraction of sp³-hybridized carbons (Fsp3) is 0.250. The lowest BCUT2D eigenvalue weighted by Gasteiger charge is -2.26. The Morgan fingerprint density at radius 1 is 1.15 bits per heavy atom. The predicted octanol–water partition coefficient (Wildman–Crippen LogP) is 3.28. The highest BCUT2D eigenvalue weighted by atomic mass is 32.1. The molecule has 1 amide bonds. The van der Waals surface area contributed by atoms with Gasteiger partial charge in [-0.2, -0.15) is 0 Å². The second-order valence-electron chi connectivity index (χ2n) is 5.38. The maximum Gasteiger partial charge on any atom is 0.255 e. The van der Waals surface area contributed by atoms with Gasteiger partial charge in [0.25, 0.3) is 5.91 Å². The van der Waals surface area contributed by atoms with Gasteiger partial charge < -0.3 is 4.90 Å². The number of thiophene rings is 1. The van der Waals surface area contributed by atoms with Crippen molar-refractivity contribution in [2.24, 2.45) is 5.92 Å². The number of carbonyl (C=O) groups is 2. The molecule has 0 bridgehead atoms. The Hall–Kier alpha value is -1.94. The Kier molecular flexibility index (Phi) is 2.39. The van der Waals surface area contributed by atoms with E-state index < -0.39 is 0 Å². The minimum absolute atomic E-state index is 0.0477. The third-order valence-corrected chi connectivity index (χ3v) is 5.22. The molecule has 0 fully saturated rings. The van der Waals surface area contributed by atoms with Gasteiger partial charge >= 0.3 is 0 Å². The van der Waals surface area contributed by atoms with E-state index in [1.807, 2.05) is 47.5 Å². The number of nitrogens with zero attached hydrogens (tertiary/aromatic N) is 1. The smallest absolute Gasteiger partial charge is 0.255 e. The second kappa shape index (κ2) is 4.03. The molecule has 0 spiro atoms. The van der Waals surface area contributed by atoms with E-state index >= 15 is 0 Å². The molecule has 0 saturated carbocycles. The molecule has 100 valence electrons. The summed E-state index contributed by atoms with van der Waals surface area (Å²) in [5.74, 6) is 0.00297. The minimum atomic E-state index is -0.196. The fourth-order valence-electron chi connectivity index (χ4n) is 3.33. The summed E-state index contributed by atoms with van der Waals surface area (Å²) in [6.45, 7) is 2.48. The molecule has 2 aliphatic heterocycles. The molecule has 1 aromatic heterocycles. The van der Waals surface area contributed by atoms with Gasteiger partial charge in [0.05, 0.1) is 12.6 Å². The van der Waals surface area contributed by atoms with Gasteiger partial charge in [-0.05, 0) is 23.1 Å². The van der Waals surface area contributed by atoms with Crippen molar-refractivity contribution < 1.29 is 9.59 Å². The summed E-state index contributed by atoms with van der Waals surface area (Å²) in [7, 11) is 0. The Bertz CT molecular complexity index is 734. The van der Waals surface area contributed by atoms with Crippen LogP contribution in [0.1, 0.15) is 44.1 Å². The third-order valence-electron chi connectivity index (χ3n) is 4.32. The van der Waals surface area contributed by atoms with Crippen LogP contribution in [-0.2, 0) is 6.54 Å². The SMILES string of the molecule is CC1C(=O)c2ccsc2CN2C(=O)c3ccccc3C12. The first-order valence-electron chi connectivity index (χ1n) is 6.69. The molecule has 2 aliphatic rings. The zero-order valence-corrected chi connectivity index (χ0v) is 11.8. The largest absolute Gasteiger partial charge is 0.326 e. The van der Waals surface area contributed by atoms with E-state index in [4.69, 9.17) is 0 Å². The van der Waals surface area contributed by atoms with Crippen molar-refractivity contribution >= 4 is 23.0 Å². The number of amides is 1. The topological polar surface area (TPSA) is 37.4 Å². The lowest BCUT2D eigenvalue weighted by atomic mass is 9.89. The molecule has 1 aromatic carbocycles. The fourth-order valence-corrected chi connectivity index (χ4v) is 4.21. The molecule has 0 aliphatic carbocycles. The maximum atomic E-state index is 12.6. The van der Waals surface area contributed by atoms with Gasteiger partial charge in [0.2, 0.25) is 0 Å². The van der Waals surface area contributed by atoms with E-state index in [0.717, 1.165) is 21.6 Å². The first kappa shape index (κ1) is 11.9. The average molecular weight is 283 g/mol. The number of hydrogen-bond donors (Lipinski definition) is 0. The summed E-state index contributed by atoms with van der Waals surface area (Å²) in [6, 6.07) is 9.42. The van der Waals surface area contributed by atoms with Crippen LogP contribution in [-0.4, -0.2) is 16.6 Å². The summed E-state index contributed by atoms with van der Waals surface area (Å²) in [6.07, 6.45) is 0. The van der Waals surface area contributed by atoms with E-state index in [1.54, 1.807) is 11.3 Å². The van der Waals surface area contributed by atoms with Crippen LogP contribution < -0.4 is 0 Å². The molecule has 20 heavy (non-hydrogen) atoms. The number of fused-ring (bicyclic) bond motifs is 4. The van der Waals surface area contributed by atoms with E-state index in [2.05, 4.69) is 0 Å². The number of Topliss-reactive ketones (excluding diaryl/α,β-unsaturated/α-hetero) is 1. The summed E-state index contributed by atoms with van der Waals surface area (Å²) in [4.78, 5) is 28.1. The number of hydrogen-bond acceptors (Lipinski definition) is 3. The predicted molar refractivity (Wildman–Crippen MR) is 76.9 cm³/mol. The van der Waals surface area contributed by atoms with Crippen molar-refractivity contribution in [1.82, 2.24) is 4.90 Å². The molecular weight excluding hydrogens is 270 g/mol. The van der Waals surface area contributed by atoms with Crippen LogP contribution in [0.25, 0.3) is 0 Å². The molecule has 0 N–H and O–H groups in total. The van der Waals surface area contributed by atoms with Crippen LogP contribution in [0.3, 0.4) is 0 Å². The van der Waals surface area contributed by atoms with Crippen molar-refractivity contribution in [3.8, 4) is 0 Å². The molecular formula is C16H13NO2S. The molecule has 0 radical (unpaired) electrons. The van der Waals surface area contributed by atoms with E-state index in [0.29, 0.717) is 6.54 Å². The van der Waals surface area contributed by atoms with Gasteiger partial charge in [-0.15, -0.1) is 11.3 Å². The highest BCUT2D eigenvalue weighted by molar-refractivity contribution is 7.10. The summed E-state index contributed by atoms with van der Waals surface area (Å²) in [5, 5.41) is 1.93. The van der Waals surface area contributed by atoms with E-state index in [1.165, 1.54) is 0 Å². The lowest BCUT2D eigenvalue weighted by molar-refractivity contribution is 0.0644. The van der Waals surface area contributed by atoms with Crippen molar-refractivity contribution in [2.45, 2.75) is 19.5 Å². The van der Waals surface area contributed by atoms with Crippen LogP contribution in [0.2, 0.25) is 0 Å². The van der Waals surface area contributed by atoms with E-state index in [-0.39, 0.29) is 23.7 Å². The molecule has 2 unspecified atom stereocenters. The minimum Gasteiger partial charge on any atom is -0.326 e. The number of rotatable bonds is 0. The number of carbonyl (C=O) groups excluding carboxylic acids is 2. The Labute approximate surface area is 120 Å². The zero-order valence-electron chi connectivity index (χ0n) is 11.0. The third kappa shape index (κ3) is 1.40. The first-order chi connectivity index (χ1) is 9.68. The Morgan fingerprint density at radius 2 is 1.95 bits per heavy atom. The number of ketones is 1. The van der Waals surface area contributed by atoms with Crippen LogP contribution in [0, 0.1) is 5.92 Å². The second-order valence-corrected chi connectivity index (χ2v) is 6.38. The van der Waals surface area contributed by atoms with Gasteiger partial charge in [-0.3, -0.25) is 9.59 Å². The van der Waals surface area contributed by atoms with Crippen molar-refractivity contribution in [1.29, 1.82) is 0 Å². The molecule has 4 heteroatoms. The van der Waals surface area contributed by atoms with Crippen LogP contribution in [0.5, 0.6) is 0 Å². The zero-order chi connectivity index (χ0) is 13.9. The molecule has 2 atom stereocenters. The lowest BCUT2D eigenvalue weighted by Crippen LogP contribution is -2.31. The monoisotopic (exact) mass is 283 g/mol. The first-order valence-corrected chi connectivity index (χ1v) is 7.57. The molecule has 4 rings (SSSR count). The highest BCUT2D eigenvalue weighted by Gasteiger charge is 2.44. The van der Waals surface area contributed by atoms with Crippen molar-refractivity contribution in [3.63, 3.8) is 0 Å². The van der Waals surface area contributed by atoms with Crippen LogP contribution in [0.4, 0.5) is 0 Å². The Balaban J connectivity index is 1.91. The summed E-state index contributed by atoms with van der Waals surface area (Å²) < 4.78 is 0. The quantitative estimate of drug-likeness (QED) is 0.744. The molecule has 0 saturated heterocycles. The van der Waals surface area contributed by atoms with Crippen LogP contribution in [0.15, 0.2) is 35.7 Å². The summed E-state index contributed by atoms with van der Waals surface area (Å²) >= 11 is 1.56. The molecule has 2 aromatic rings. The molecule has 3 heterocycles. The maximum absolute atomic E-state index is 12.6. The van der Waals surface area contributed by atoms with Gasteiger partial charge in [-0.25, -0.2) is 0 Å². The average Bonchev–Trinajstić information content (AvgIpc) is 3.00. The standard InChI is InChI=1S/C16H13NO2S/c1-9-14-10-4-2-3-5-11(10)16(19)17(14)8-13-12(15(9)18)6-7-20-13/h2-7,9,14H,8H2,1H3. The van der Waals surface area contributed by atoms with Crippen LogP contribution >= 0.6 is 11.3 Å². The number of benzene rings is 1. The summed E-state index contributed by atoms with van der Waals surface area (Å²) in [5.41, 5.74) is 2.54.